The number of nitrogens with one attached hydrogen (secondary N) is 2. The summed E-state index contributed by atoms with van der Waals surface area (Å²) in [7, 11) is 0. The second kappa shape index (κ2) is 9.73. The van der Waals surface area contributed by atoms with Gasteiger partial charge in [-0.15, -0.1) is 0 Å². The average molecular weight is 441 g/mol. The Balaban J connectivity index is 1.87. The average Bonchev–Trinajstić information content (AvgIpc) is 2.75. The Morgan fingerprint density at radius 1 is 1.03 bits per heavy atom. The van der Waals surface area contributed by atoms with Crippen LogP contribution in [-0.2, 0) is 0 Å². The number of aliphatic hydroxyl groups is 1. The van der Waals surface area contributed by atoms with Crippen LogP contribution in [0.1, 0.15) is 37.4 Å². The Hall–Kier alpha value is -3.22. The van der Waals surface area contributed by atoms with Crippen molar-refractivity contribution in [3.8, 4) is 0 Å². The van der Waals surface area contributed by atoms with Gasteiger partial charge >= 0.3 is 0 Å². The Bertz CT molecular complexity index is 1150. The number of hydrogen-bond donors (Lipinski definition) is 3. The van der Waals surface area contributed by atoms with E-state index in [9.17, 15) is 14.0 Å². The van der Waals surface area contributed by atoms with Gasteiger partial charge in [-0.1, -0.05) is 23.7 Å². The summed E-state index contributed by atoms with van der Waals surface area (Å²) < 4.78 is 13.8. The maximum Gasteiger partial charge on any atom is 0.251 e. The highest BCUT2D eigenvalue weighted by Gasteiger charge is 2.18. The van der Waals surface area contributed by atoms with Crippen molar-refractivity contribution < 1.29 is 19.1 Å². The first-order chi connectivity index (χ1) is 14.8. The zero-order chi connectivity index (χ0) is 22.5. The van der Waals surface area contributed by atoms with Gasteiger partial charge in [0.05, 0.1) is 11.6 Å². The highest BCUT2D eigenvalue weighted by Crippen LogP contribution is 2.28. The van der Waals surface area contributed by atoms with Crippen LogP contribution in [0.15, 0.2) is 54.6 Å². The van der Waals surface area contributed by atoms with E-state index in [1.165, 1.54) is 12.1 Å². The van der Waals surface area contributed by atoms with Gasteiger partial charge in [0.15, 0.2) is 5.78 Å². The minimum Gasteiger partial charge on any atom is -0.395 e. The molecule has 0 aliphatic rings. The Morgan fingerprint density at radius 3 is 2.52 bits per heavy atom. The molecule has 0 radical (unpaired) electrons. The fraction of sp³-hybridized carbons (Fsp3) is 0.167. The van der Waals surface area contributed by atoms with Crippen molar-refractivity contribution in [1.82, 2.24) is 5.32 Å². The smallest absolute Gasteiger partial charge is 0.251 e. The van der Waals surface area contributed by atoms with Crippen LogP contribution in [0, 0.1) is 19.7 Å². The summed E-state index contributed by atoms with van der Waals surface area (Å²) in [5.74, 6) is -1.01. The molecule has 3 aromatic rings. The molecule has 5 nitrogen and oxygen atoms in total. The maximum atomic E-state index is 13.8. The Kier molecular flexibility index (Phi) is 7.05. The lowest BCUT2D eigenvalue weighted by Crippen LogP contribution is -2.26. The van der Waals surface area contributed by atoms with Crippen molar-refractivity contribution in [3.63, 3.8) is 0 Å². The maximum absolute atomic E-state index is 13.8. The minimum absolute atomic E-state index is 0.126. The van der Waals surface area contributed by atoms with Crippen molar-refractivity contribution in [1.29, 1.82) is 0 Å². The highest BCUT2D eigenvalue weighted by molar-refractivity contribution is 6.35. The highest BCUT2D eigenvalue weighted by atomic mass is 35.5. The third-order valence-electron chi connectivity index (χ3n) is 4.90. The molecule has 160 valence electrons. The van der Waals surface area contributed by atoms with Gasteiger partial charge in [0.2, 0.25) is 0 Å². The Labute approximate surface area is 184 Å². The first kappa shape index (κ1) is 22.5. The molecule has 0 atom stereocenters. The van der Waals surface area contributed by atoms with E-state index in [2.05, 4.69) is 10.6 Å². The summed E-state index contributed by atoms with van der Waals surface area (Å²) in [5, 5.41) is 14.8. The van der Waals surface area contributed by atoms with Crippen LogP contribution < -0.4 is 10.6 Å². The molecule has 0 saturated heterocycles. The molecule has 1 amide bonds. The zero-order valence-corrected chi connectivity index (χ0v) is 17.9. The SMILES string of the molecule is Cc1ccc(C(=O)NCCO)cc1C(=O)c1ccc(Nc2cccc(F)c2C)cc1Cl. The molecule has 0 spiro atoms. The number of benzene rings is 3. The van der Waals surface area contributed by atoms with Gasteiger partial charge in [-0.25, -0.2) is 4.39 Å². The van der Waals surface area contributed by atoms with Crippen LogP contribution in [0.4, 0.5) is 15.8 Å². The number of aryl methyl sites for hydroxylation is 1. The molecule has 0 heterocycles. The van der Waals surface area contributed by atoms with Gasteiger partial charge in [-0.05, 0) is 61.9 Å². The van der Waals surface area contributed by atoms with E-state index in [0.717, 1.165) is 0 Å². The lowest BCUT2D eigenvalue weighted by atomic mass is 9.96. The second-order valence-corrected chi connectivity index (χ2v) is 7.48. The number of carbonyl (C=O) groups is 2. The monoisotopic (exact) mass is 440 g/mol. The first-order valence-electron chi connectivity index (χ1n) is 9.68. The fourth-order valence-electron chi connectivity index (χ4n) is 3.10. The predicted molar refractivity (Wildman–Crippen MR) is 120 cm³/mol. The topological polar surface area (TPSA) is 78.4 Å². The van der Waals surface area contributed by atoms with E-state index in [1.807, 2.05) is 0 Å². The third kappa shape index (κ3) is 5.10. The summed E-state index contributed by atoms with van der Waals surface area (Å²) >= 11 is 6.39. The minimum atomic E-state index is -0.376. The van der Waals surface area contributed by atoms with Crippen molar-refractivity contribution in [2.45, 2.75) is 13.8 Å². The van der Waals surface area contributed by atoms with E-state index in [0.29, 0.717) is 39.2 Å². The van der Waals surface area contributed by atoms with Gasteiger partial charge in [0.1, 0.15) is 5.82 Å². The molecule has 0 bridgehead atoms. The van der Waals surface area contributed by atoms with Crippen LogP contribution in [-0.4, -0.2) is 29.9 Å². The number of anilines is 2. The number of halogens is 2. The van der Waals surface area contributed by atoms with E-state index >= 15 is 0 Å². The van der Waals surface area contributed by atoms with Gasteiger partial charge in [-0.3, -0.25) is 9.59 Å². The van der Waals surface area contributed by atoms with Crippen LogP contribution in [0.25, 0.3) is 0 Å². The second-order valence-electron chi connectivity index (χ2n) is 7.07. The fourth-order valence-corrected chi connectivity index (χ4v) is 3.37. The summed E-state index contributed by atoms with van der Waals surface area (Å²) in [6, 6.07) is 14.5. The third-order valence-corrected chi connectivity index (χ3v) is 5.21. The number of amides is 1. The predicted octanol–water partition coefficient (Wildman–Crippen LogP) is 4.79. The molecule has 0 fully saturated rings. The first-order valence-corrected chi connectivity index (χ1v) is 10.1. The van der Waals surface area contributed by atoms with Crippen molar-refractivity contribution in [3.05, 3.63) is 93.3 Å². The molecule has 0 aliphatic carbocycles. The van der Waals surface area contributed by atoms with E-state index in [1.54, 1.807) is 56.3 Å². The molecule has 0 unspecified atom stereocenters. The summed E-state index contributed by atoms with van der Waals surface area (Å²) in [6.45, 7) is 3.40. The van der Waals surface area contributed by atoms with Gasteiger partial charge in [0, 0.05) is 40.2 Å². The number of aliphatic hydroxyl groups excluding tert-OH is 1. The molecule has 31 heavy (non-hydrogen) atoms. The number of hydrogen-bond acceptors (Lipinski definition) is 4. The van der Waals surface area contributed by atoms with Gasteiger partial charge in [-0.2, -0.15) is 0 Å². The van der Waals surface area contributed by atoms with E-state index < -0.39 is 0 Å². The molecule has 3 rings (SSSR count). The lowest BCUT2D eigenvalue weighted by molar-refractivity contribution is 0.0944. The number of rotatable bonds is 7. The lowest BCUT2D eigenvalue weighted by Gasteiger charge is -2.13. The van der Waals surface area contributed by atoms with Crippen LogP contribution in [0.3, 0.4) is 0 Å². The zero-order valence-electron chi connectivity index (χ0n) is 17.1. The number of carbonyl (C=O) groups excluding carboxylic acids is 2. The van der Waals surface area contributed by atoms with Crippen molar-refractivity contribution in [2.75, 3.05) is 18.5 Å². The summed E-state index contributed by atoms with van der Waals surface area (Å²) in [5.41, 5.74) is 3.37. The molecule has 0 aliphatic heterocycles. The molecule has 7 heteroatoms. The normalized spacial score (nSPS) is 10.6. The van der Waals surface area contributed by atoms with Crippen LogP contribution >= 0.6 is 11.6 Å². The van der Waals surface area contributed by atoms with E-state index in [4.69, 9.17) is 16.7 Å². The molecule has 0 aromatic heterocycles. The summed E-state index contributed by atoms with van der Waals surface area (Å²) in [4.78, 5) is 25.3. The van der Waals surface area contributed by atoms with Crippen LogP contribution in [0.5, 0.6) is 0 Å². The van der Waals surface area contributed by atoms with Gasteiger partial charge in [0.25, 0.3) is 5.91 Å². The van der Waals surface area contributed by atoms with E-state index in [-0.39, 0.29) is 35.7 Å². The van der Waals surface area contributed by atoms with Crippen LogP contribution in [0.2, 0.25) is 5.02 Å². The standard InChI is InChI=1S/C24H22ClFN2O3/c1-14-6-7-16(24(31)27-10-11-29)12-19(14)23(30)18-9-8-17(13-20(18)25)28-22-5-3-4-21(26)15(22)2/h3-9,12-13,28-29H,10-11H2,1-2H3,(H,27,31). The Morgan fingerprint density at radius 2 is 1.81 bits per heavy atom. The quantitative estimate of drug-likeness (QED) is 0.461. The molecular formula is C24H22ClFN2O3. The van der Waals surface area contributed by atoms with Crippen molar-refractivity contribution in [2.24, 2.45) is 0 Å². The number of ketones is 1. The molecular weight excluding hydrogens is 419 g/mol. The van der Waals surface area contributed by atoms with Crippen molar-refractivity contribution >= 4 is 34.7 Å². The molecule has 0 saturated carbocycles. The summed E-state index contributed by atoms with van der Waals surface area (Å²) in [6.07, 6.45) is 0. The van der Waals surface area contributed by atoms with Gasteiger partial charge < -0.3 is 15.7 Å². The molecule has 3 N–H and O–H groups in total. The molecule has 3 aromatic carbocycles. The largest absolute Gasteiger partial charge is 0.395 e.